The van der Waals surface area contributed by atoms with E-state index in [1.807, 2.05) is 0 Å². The predicted octanol–water partition coefficient (Wildman–Crippen LogP) is 4.88. The minimum Gasteiger partial charge on any atom is -0.454 e. The quantitative estimate of drug-likeness (QED) is 0.486. The van der Waals surface area contributed by atoms with Crippen LogP contribution in [-0.4, -0.2) is 17.6 Å². The molecule has 0 amide bonds. The molecule has 1 aromatic heterocycles. The molecule has 0 saturated carbocycles. The highest BCUT2D eigenvalue weighted by Crippen LogP contribution is 2.33. The highest BCUT2D eigenvalue weighted by molar-refractivity contribution is 6.07. The lowest BCUT2D eigenvalue weighted by atomic mass is 10.1. The molecule has 1 aliphatic heterocycles. The summed E-state index contributed by atoms with van der Waals surface area (Å²) in [6, 6.07) is 11.5. The zero-order valence-electron chi connectivity index (χ0n) is 13.8. The van der Waals surface area contributed by atoms with Crippen LogP contribution in [0.25, 0.3) is 17.0 Å². The average molecular weight is 371 g/mol. The van der Waals surface area contributed by atoms with Gasteiger partial charge in [-0.15, -0.1) is 0 Å². The summed E-state index contributed by atoms with van der Waals surface area (Å²) < 4.78 is 49.0. The maximum Gasteiger partial charge on any atom is 0.416 e. The second-order valence-electron chi connectivity index (χ2n) is 5.91. The number of nitrogens with zero attached hydrogens (tertiary/aromatic N) is 1. The number of aromatic nitrogens is 1. The minimum atomic E-state index is -4.43. The van der Waals surface area contributed by atoms with E-state index in [1.165, 1.54) is 18.2 Å². The molecule has 7 heteroatoms. The molecule has 0 bridgehead atoms. The van der Waals surface area contributed by atoms with Crippen molar-refractivity contribution in [2.45, 2.75) is 6.18 Å². The Morgan fingerprint density at radius 2 is 1.78 bits per heavy atom. The molecule has 0 aliphatic carbocycles. The van der Waals surface area contributed by atoms with E-state index in [2.05, 4.69) is 4.98 Å². The molecule has 2 heterocycles. The van der Waals surface area contributed by atoms with Crippen LogP contribution in [0.15, 0.2) is 54.6 Å². The normalized spacial score (nSPS) is 13.4. The van der Waals surface area contributed by atoms with E-state index in [0.29, 0.717) is 28.1 Å². The summed E-state index contributed by atoms with van der Waals surface area (Å²) in [5.41, 5.74) is 0.245. The smallest absolute Gasteiger partial charge is 0.416 e. The molecule has 0 spiro atoms. The Balaban J connectivity index is 1.59. The van der Waals surface area contributed by atoms with Crippen molar-refractivity contribution >= 4 is 22.8 Å². The fourth-order valence-electron chi connectivity index (χ4n) is 2.71. The van der Waals surface area contributed by atoms with E-state index in [4.69, 9.17) is 9.47 Å². The van der Waals surface area contributed by atoms with Crippen molar-refractivity contribution in [1.29, 1.82) is 0 Å². The van der Waals surface area contributed by atoms with Gasteiger partial charge < -0.3 is 9.47 Å². The standard InChI is InChI=1S/C20H12F3NO3/c21-20(22,23)14-4-1-12-2-5-15(24-16(12)10-14)6-7-17(25)13-3-8-18-19(9-13)27-11-26-18/h1-10H,11H2/b7-6+. The van der Waals surface area contributed by atoms with Gasteiger partial charge in [-0.1, -0.05) is 12.1 Å². The third-order valence-corrected chi connectivity index (χ3v) is 4.10. The first-order chi connectivity index (χ1) is 12.9. The van der Waals surface area contributed by atoms with Crippen molar-refractivity contribution in [2.75, 3.05) is 6.79 Å². The van der Waals surface area contributed by atoms with Gasteiger partial charge in [0.1, 0.15) is 0 Å². The Morgan fingerprint density at radius 1 is 1.00 bits per heavy atom. The highest BCUT2D eigenvalue weighted by Gasteiger charge is 2.30. The van der Waals surface area contributed by atoms with Crippen LogP contribution in [0.1, 0.15) is 21.6 Å². The minimum absolute atomic E-state index is 0.115. The van der Waals surface area contributed by atoms with E-state index in [9.17, 15) is 18.0 Å². The predicted molar refractivity (Wildman–Crippen MR) is 92.7 cm³/mol. The molecule has 0 atom stereocenters. The van der Waals surface area contributed by atoms with Gasteiger partial charge in [0.15, 0.2) is 17.3 Å². The molecule has 0 saturated heterocycles. The summed E-state index contributed by atoms with van der Waals surface area (Å²) in [6.07, 6.45) is -1.65. The van der Waals surface area contributed by atoms with Gasteiger partial charge in [-0.25, -0.2) is 4.98 Å². The number of rotatable bonds is 3. The van der Waals surface area contributed by atoms with Gasteiger partial charge in [0, 0.05) is 10.9 Å². The maximum absolute atomic E-state index is 12.8. The molecule has 0 unspecified atom stereocenters. The van der Waals surface area contributed by atoms with Crippen LogP contribution in [0.4, 0.5) is 13.2 Å². The lowest BCUT2D eigenvalue weighted by Gasteiger charge is -2.07. The number of carbonyl (C=O) groups excluding carboxylic acids is 1. The highest BCUT2D eigenvalue weighted by atomic mass is 19.4. The molecule has 27 heavy (non-hydrogen) atoms. The van der Waals surface area contributed by atoms with Crippen molar-refractivity contribution in [3.05, 3.63) is 71.4 Å². The number of benzene rings is 2. The van der Waals surface area contributed by atoms with Crippen molar-refractivity contribution in [1.82, 2.24) is 4.98 Å². The molecular formula is C20H12F3NO3. The zero-order valence-corrected chi connectivity index (χ0v) is 13.8. The fraction of sp³-hybridized carbons (Fsp3) is 0.100. The summed E-state index contributed by atoms with van der Waals surface area (Å²) in [5, 5.41) is 0.585. The van der Waals surface area contributed by atoms with Gasteiger partial charge in [-0.3, -0.25) is 4.79 Å². The first-order valence-corrected chi connectivity index (χ1v) is 8.00. The van der Waals surface area contributed by atoms with Crippen LogP contribution in [0, 0.1) is 0 Å². The van der Waals surface area contributed by atoms with Crippen LogP contribution in [0.2, 0.25) is 0 Å². The Labute approximate surface area is 151 Å². The number of halogens is 3. The molecule has 0 N–H and O–H groups in total. The molecule has 136 valence electrons. The Bertz CT molecular complexity index is 1070. The monoisotopic (exact) mass is 371 g/mol. The molecule has 0 radical (unpaired) electrons. The van der Waals surface area contributed by atoms with Crippen molar-refractivity contribution in [2.24, 2.45) is 0 Å². The number of pyridine rings is 1. The molecule has 4 nitrogen and oxygen atoms in total. The third-order valence-electron chi connectivity index (χ3n) is 4.10. The largest absolute Gasteiger partial charge is 0.454 e. The summed E-state index contributed by atoms with van der Waals surface area (Å²) >= 11 is 0. The van der Waals surface area contributed by atoms with Crippen molar-refractivity contribution in [3.63, 3.8) is 0 Å². The second kappa shape index (κ2) is 6.42. The summed E-state index contributed by atoms with van der Waals surface area (Å²) in [6.45, 7) is 0.115. The number of ketones is 1. The summed E-state index contributed by atoms with van der Waals surface area (Å²) in [7, 11) is 0. The molecule has 1 aliphatic rings. The zero-order chi connectivity index (χ0) is 19.0. The number of carbonyl (C=O) groups is 1. The topological polar surface area (TPSA) is 48.4 Å². The number of fused-ring (bicyclic) bond motifs is 2. The van der Waals surface area contributed by atoms with Crippen molar-refractivity contribution < 1.29 is 27.4 Å². The fourth-order valence-corrected chi connectivity index (χ4v) is 2.71. The van der Waals surface area contributed by atoms with E-state index in [0.717, 1.165) is 12.1 Å². The van der Waals surface area contributed by atoms with E-state index in [-0.39, 0.29) is 18.1 Å². The van der Waals surface area contributed by atoms with Crippen LogP contribution in [0.5, 0.6) is 11.5 Å². The average Bonchev–Trinajstić information content (AvgIpc) is 3.12. The molecule has 0 fully saturated rings. The number of ether oxygens (including phenoxy) is 2. The Morgan fingerprint density at radius 3 is 2.59 bits per heavy atom. The number of allylic oxidation sites excluding steroid dienone is 1. The summed E-state index contributed by atoms with van der Waals surface area (Å²) in [5.74, 6) is 0.796. The number of alkyl halides is 3. The molecular weight excluding hydrogens is 359 g/mol. The van der Waals surface area contributed by atoms with Gasteiger partial charge in [0.25, 0.3) is 0 Å². The van der Waals surface area contributed by atoms with Crippen LogP contribution >= 0.6 is 0 Å². The van der Waals surface area contributed by atoms with E-state index in [1.54, 1.807) is 30.3 Å². The van der Waals surface area contributed by atoms with Crippen LogP contribution < -0.4 is 9.47 Å². The maximum atomic E-state index is 12.8. The van der Waals surface area contributed by atoms with Gasteiger partial charge in [-0.2, -0.15) is 13.2 Å². The summed E-state index contributed by atoms with van der Waals surface area (Å²) in [4.78, 5) is 16.5. The van der Waals surface area contributed by atoms with Gasteiger partial charge in [-0.05, 0) is 48.6 Å². The van der Waals surface area contributed by atoms with Crippen molar-refractivity contribution in [3.8, 4) is 11.5 Å². The van der Waals surface area contributed by atoms with Gasteiger partial charge >= 0.3 is 6.18 Å². The van der Waals surface area contributed by atoms with Gasteiger partial charge in [0.05, 0.1) is 16.8 Å². The SMILES string of the molecule is O=C(/C=C/c1ccc2ccc(C(F)(F)F)cc2n1)c1ccc2c(c1)OCO2. The van der Waals surface area contributed by atoms with E-state index < -0.39 is 11.7 Å². The van der Waals surface area contributed by atoms with Gasteiger partial charge in [0.2, 0.25) is 6.79 Å². The third kappa shape index (κ3) is 3.48. The van der Waals surface area contributed by atoms with E-state index >= 15 is 0 Å². The lowest BCUT2D eigenvalue weighted by molar-refractivity contribution is -0.137. The number of hydrogen-bond donors (Lipinski definition) is 0. The first kappa shape index (κ1) is 17.1. The van der Waals surface area contributed by atoms with Crippen LogP contribution in [-0.2, 0) is 6.18 Å². The number of hydrogen-bond acceptors (Lipinski definition) is 4. The Hall–Kier alpha value is -3.35. The first-order valence-electron chi connectivity index (χ1n) is 8.00. The van der Waals surface area contributed by atoms with Crippen LogP contribution in [0.3, 0.4) is 0 Å². The molecule has 4 rings (SSSR count). The Kier molecular flexibility index (Phi) is 4.07. The lowest BCUT2D eigenvalue weighted by Crippen LogP contribution is -2.04. The second-order valence-corrected chi connectivity index (χ2v) is 5.91. The molecule has 2 aromatic carbocycles. The molecule has 3 aromatic rings.